The first kappa shape index (κ1) is 15.5. The molecule has 1 saturated carbocycles. The van der Waals surface area contributed by atoms with Gasteiger partial charge in [-0.15, -0.1) is 11.3 Å². The number of amides is 1. The van der Waals surface area contributed by atoms with Gasteiger partial charge in [0, 0.05) is 12.6 Å². The lowest BCUT2D eigenvalue weighted by molar-refractivity contribution is -0.123. The van der Waals surface area contributed by atoms with Crippen LogP contribution in [-0.2, 0) is 16.8 Å². The molecule has 132 valence electrons. The van der Waals surface area contributed by atoms with E-state index in [0.29, 0.717) is 18.0 Å². The van der Waals surface area contributed by atoms with Crippen molar-refractivity contribution in [2.45, 2.75) is 24.8 Å². The summed E-state index contributed by atoms with van der Waals surface area (Å²) in [6.45, 7) is 0.680. The van der Waals surface area contributed by atoms with Gasteiger partial charge in [-0.2, -0.15) is 0 Å². The summed E-state index contributed by atoms with van der Waals surface area (Å²) in [5, 5.41) is 9.17. The molecule has 7 heteroatoms. The molecule has 1 N–H and O–H groups in total. The molecule has 6 nitrogen and oxygen atoms in total. The van der Waals surface area contributed by atoms with Gasteiger partial charge in [0.2, 0.25) is 12.7 Å². The molecule has 1 aliphatic carbocycles. The fourth-order valence-corrected chi connectivity index (χ4v) is 3.84. The van der Waals surface area contributed by atoms with Crippen LogP contribution in [0.1, 0.15) is 24.1 Å². The molecule has 1 aliphatic heterocycles. The summed E-state index contributed by atoms with van der Waals surface area (Å²) in [6, 6.07) is 11.5. The van der Waals surface area contributed by atoms with Gasteiger partial charge in [0.05, 0.1) is 16.0 Å². The Morgan fingerprint density at radius 2 is 2.08 bits per heavy atom. The zero-order chi connectivity index (χ0) is 17.6. The summed E-state index contributed by atoms with van der Waals surface area (Å²) in [5.41, 5.74) is 1.12. The van der Waals surface area contributed by atoms with E-state index in [1.54, 1.807) is 11.3 Å². The third-order valence-electron chi connectivity index (χ3n) is 4.84. The highest BCUT2D eigenvalue weighted by molar-refractivity contribution is 7.13. The number of ether oxygens (including phenoxy) is 2. The van der Waals surface area contributed by atoms with Gasteiger partial charge in [-0.1, -0.05) is 17.3 Å². The Morgan fingerprint density at radius 3 is 2.88 bits per heavy atom. The zero-order valence-corrected chi connectivity index (χ0v) is 14.7. The lowest BCUT2D eigenvalue weighted by atomic mass is 10.0. The molecule has 0 unspecified atom stereocenters. The summed E-state index contributed by atoms with van der Waals surface area (Å²) < 4.78 is 16.1. The van der Waals surface area contributed by atoms with Crippen molar-refractivity contribution >= 4 is 17.2 Å². The number of hydrogen-bond acceptors (Lipinski definition) is 6. The van der Waals surface area contributed by atoms with Gasteiger partial charge in [0.25, 0.3) is 0 Å². The lowest BCUT2D eigenvalue weighted by Gasteiger charge is -2.12. The number of carbonyl (C=O) groups excluding carboxylic acids is 1. The quantitative estimate of drug-likeness (QED) is 0.746. The van der Waals surface area contributed by atoms with Gasteiger partial charge in [0.15, 0.2) is 17.3 Å². The molecule has 1 fully saturated rings. The van der Waals surface area contributed by atoms with Crippen LogP contribution < -0.4 is 14.8 Å². The van der Waals surface area contributed by atoms with Crippen molar-refractivity contribution in [3.8, 4) is 22.1 Å². The molecule has 5 rings (SSSR count). The Bertz CT molecular complexity index is 960. The maximum absolute atomic E-state index is 12.8. The highest BCUT2D eigenvalue weighted by Gasteiger charge is 2.53. The van der Waals surface area contributed by atoms with Crippen molar-refractivity contribution in [3.63, 3.8) is 0 Å². The number of nitrogens with one attached hydrogen (secondary N) is 1. The first-order valence-electron chi connectivity index (χ1n) is 8.42. The Kier molecular flexibility index (Phi) is 3.49. The molecular formula is C19H16N2O4S. The molecule has 2 aromatic heterocycles. The number of thiophene rings is 1. The molecule has 0 atom stereocenters. The fraction of sp³-hybridized carbons (Fsp3) is 0.263. The molecule has 0 radical (unpaired) electrons. The second-order valence-electron chi connectivity index (χ2n) is 6.51. The summed E-state index contributed by atoms with van der Waals surface area (Å²) in [5.74, 6) is 2.16. The van der Waals surface area contributed by atoms with Crippen LogP contribution in [0.2, 0.25) is 0 Å². The van der Waals surface area contributed by atoms with Crippen molar-refractivity contribution in [1.29, 1.82) is 0 Å². The Hall–Kier alpha value is -2.80. The number of benzene rings is 1. The summed E-state index contributed by atoms with van der Waals surface area (Å²) in [6.07, 6.45) is 1.58. The molecule has 2 aliphatic rings. The van der Waals surface area contributed by atoms with E-state index in [9.17, 15) is 4.79 Å². The molecule has 3 heterocycles. The SMILES string of the molecule is O=C(NCc1ccc2c(c1)OCO2)C1(c2cc(-c3cccs3)on2)CC1. The van der Waals surface area contributed by atoms with E-state index in [0.717, 1.165) is 34.8 Å². The van der Waals surface area contributed by atoms with Crippen molar-refractivity contribution in [2.75, 3.05) is 6.79 Å². The topological polar surface area (TPSA) is 73.6 Å². The highest BCUT2D eigenvalue weighted by atomic mass is 32.1. The monoisotopic (exact) mass is 368 g/mol. The smallest absolute Gasteiger partial charge is 0.232 e. The normalized spacial score (nSPS) is 16.5. The van der Waals surface area contributed by atoms with E-state index in [1.165, 1.54) is 0 Å². The number of aromatic nitrogens is 1. The standard InChI is InChI=1S/C19H16N2O4S/c22-18(20-10-12-3-4-13-14(8-12)24-11-23-13)19(5-6-19)17-9-15(25-21-17)16-2-1-7-26-16/h1-4,7-9H,5-6,10-11H2,(H,20,22). The molecule has 26 heavy (non-hydrogen) atoms. The van der Waals surface area contributed by atoms with Crippen molar-refractivity contribution in [3.05, 3.63) is 53.0 Å². The van der Waals surface area contributed by atoms with Crippen LogP contribution in [0.4, 0.5) is 0 Å². The van der Waals surface area contributed by atoms with Gasteiger partial charge < -0.3 is 19.3 Å². The van der Waals surface area contributed by atoms with Gasteiger partial charge in [0.1, 0.15) is 0 Å². The van der Waals surface area contributed by atoms with Crippen LogP contribution in [0.15, 0.2) is 46.3 Å². The predicted molar refractivity (Wildman–Crippen MR) is 95.1 cm³/mol. The minimum absolute atomic E-state index is 0.0128. The number of fused-ring (bicyclic) bond motifs is 1. The molecular weight excluding hydrogens is 352 g/mol. The second kappa shape index (κ2) is 5.88. The molecule has 1 aromatic carbocycles. The van der Waals surface area contributed by atoms with Gasteiger partial charge >= 0.3 is 0 Å². The molecule has 0 bridgehead atoms. The van der Waals surface area contributed by atoms with E-state index in [-0.39, 0.29) is 12.7 Å². The number of rotatable bonds is 5. The first-order chi connectivity index (χ1) is 12.7. The zero-order valence-electron chi connectivity index (χ0n) is 13.9. The van der Waals surface area contributed by atoms with E-state index < -0.39 is 5.41 Å². The van der Waals surface area contributed by atoms with Crippen LogP contribution in [0.25, 0.3) is 10.6 Å². The average Bonchev–Trinajstić information content (AvgIpc) is 3.10. The summed E-state index contributed by atoms with van der Waals surface area (Å²) in [4.78, 5) is 13.8. The predicted octanol–water partition coefficient (Wildman–Crippen LogP) is 3.48. The van der Waals surface area contributed by atoms with Crippen molar-refractivity contribution in [2.24, 2.45) is 0 Å². The van der Waals surface area contributed by atoms with Gasteiger partial charge in [-0.25, -0.2) is 0 Å². The summed E-state index contributed by atoms with van der Waals surface area (Å²) in [7, 11) is 0. The lowest BCUT2D eigenvalue weighted by Crippen LogP contribution is -2.34. The molecule has 3 aromatic rings. The Labute approximate surface area is 153 Å². The van der Waals surface area contributed by atoms with Crippen LogP contribution >= 0.6 is 11.3 Å². The van der Waals surface area contributed by atoms with Crippen LogP contribution in [0.5, 0.6) is 11.5 Å². The number of carbonyl (C=O) groups is 1. The van der Waals surface area contributed by atoms with E-state index in [2.05, 4.69) is 10.5 Å². The van der Waals surface area contributed by atoms with Crippen LogP contribution in [0.3, 0.4) is 0 Å². The first-order valence-corrected chi connectivity index (χ1v) is 9.30. The van der Waals surface area contributed by atoms with Gasteiger partial charge in [-0.3, -0.25) is 4.79 Å². The molecule has 1 amide bonds. The third-order valence-corrected chi connectivity index (χ3v) is 5.72. The van der Waals surface area contributed by atoms with Crippen molar-refractivity contribution < 1.29 is 18.8 Å². The summed E-state index contributed by atoms with van der Waals surface area (Å²) >= 11 is 1.59. The van der Waals surface area contributed by atoms with Crippen molar-refractivity contribution in [1.82, 2.24) is 10.5 Å². The highest BCUT2D eigenvalue weighted by Crippen LogP contribution is 2.48. The van der Waals surface area contributed by atoms with E-state index in [1.807, 2.05) is 41.8 Å². The minimum atomic E-state index is -0.560. The number of hydrogen-bond donors (Lipinski definition) is 1. The van der Waals surface area contributed by atoms with Crippen LogP contribution in [-0.4, -0.2) is 17.9 Å². The molecule has 0 spiro atoms. The van der Waals surface area contributed by atoms with E-state index in [4.69, 9.17) is 14.0 Å². The fourth-order valence-electron chi connectivity index (χ4n) is 3.16. The van der Waals surface area contributed by atoms with Gasteiger partial charge in [-0.05, 0) is 42.0 Å². The van der Waals surface area contributed by atoms with E-state index >= 15 is 0 Å². The minimum Gasteiger partial charge on any atom is -0.454 e. The maximum atomic E-state index is 12.8. The third kappa shape index (κ3) is 2.55. The second-order valence-corrected chi connectivity index (χ2v) is 7.45. The largest absolute Gasteiger partial charge is 0.454 e. The average molecular weight is 368 g/mol. The molecule has 0 saturated heterocycles. The number of nitrogens with zero attached hydrogens (tertiary/aromatic N) is 1. The van der Waals surface area contributed by atoms with Crippen LogP contribution in [0, 0.1) is 0 Å². The Morgan fingerprint density at radius 1 is 1.19 bits per heavy atom. The maximum Gasteiger partial charge on any atom is 0.232 e. The Balaban J connectivity index is 1.29.